The summed E-state index contributed by atoms with van der Waals surface area (Å²) in [5.41, 5.74) is 9.01. The van der Waals surface area contributed by atoms with Gasteiger partial charge in [0.15, 0.2) is 0 Å². The standard InChI is InChI=1S/C25H29.C5H5.C3H6.2ClH.Zr/c1-3-7-18(8-4-1)20-11-13-24-22(15-20)17-23-16-21(12-14-25(23)24)19-9-5-2-6-10-19;1-2-4-5-3-1;1-3-2;;;/h11-15,18-19H,1-10,17H2;1-3H,4H2;1-2H3;2*1H;/q2*-1;;;;+2. The largest absolute Gasteiger partial charge is 0.273 e. The fourth-order valence-corrected chi connectivity index (χ4v) is 5.84. The van der Waals surface area contributed by atoms with Gasteiger partial charge in [0.05, 0.1) is 0 Å². The van der Waals surface area contributed by atoms with E-state index in [0.29, 0.717) is 0 Å². The maximum absolute atomic E-state index is 3.84. The molecule has 0 N–H and O–H groups in total. The van der Waals surface area contributed by atoms with E-state index >= 15 is 0 Å². The zero-order valence-corrected chi connectivity index (χ0v) is 26.2. The Hall–Kier alpha value is -0.747. The van der Waals surface area contributed by atoms with E-state index in [-0.39, 0.29) is 24.8 Å². The van der Waals surface area contributed by atoms with Crippen LogP contribution in [0.25, 0.3) is 11.1 Å². The Bertz CT molecular complexity index is 944. The van der Waals surface area contributed by atoms with Crippen LogP contribution in [0.5, 0.6) is 0 Å². The first kappa shape index (κ1) is 31.5. The van der Waals surface area contributed by atoms with Gasteiger partial charge in [-0.3, -0.25) is 6.08 Å². The maximum Gasteiger partial charge on any atom is -0.0162 e. The van der Waals surface area contributed by atoms with Crippen molar-refractivity contribution in [3.05, 3.63) is 83.0 Å². The summed E-state index contributed by atoms with van der Waals surface area (Å²) in [6.07, 6.45) is 25.1. The summed E-state index contributed by atoms with van der Waals surface area (Å²) >= 11 is 1.55. The monoisotopic (exact) mass is 598 g/mol. The number of allylic oxidation sites excluding steroid dienone is 4. The molecule has 0 saturated heterocycles. The van der Waals surface area contributed by atoms with E-state index in [1.165, 1.54) is 89.7 Å². The van der Waals surface area contributed by atoms with Crippen molar-refractivity contribution < 1.29 is 24.2 Å². The zero-order valence-electron chi connectivity index (χ0n) is 22.1. The molecule has 2 aromatic rings. The first-order valence-electron chi connectivity index (χ1n) is 13.5. The van der Waals surface area contributed by atoms with Gasteiger partial charge in [-0.25, -0.2) is 12.2 Å². The van der Waals surface area contributed by atoms with Gasteiger partial charge in [0.1, 0.15) is 0 Å². The minimum absolute atomic E-state index is 0. The predicted molar refractivity (Wildman–Crippen MR) is 158 cm³/mol. The minimum atomic E-state index is 0. The van der Waals surface area contributed by atoms with Crippen molar-refractivity contribution in [1.82, 2.24) is 0 Å². The van der Waals surface area contributed by atoms with Crippen molar-refractivity contribution in [3.8, 4) is 11.1 Å². The van der Waals surface area contributed by atoms with Gasteiger partial charge in [0.2, 0.25) is 0 Å². The second kappa shape index (κ2) is 16.3. The third kappa shape index (κ3) is 8.93. The molecule has 0 atom stereocenters. The molecule has 0 spiro atoms. The Labute approximate surface area is 247 Å². The van der Waals surface area contributed by atoms with Gasteiger partial charge in [-0.1, -0.05) is 62.3 Å². The second-order valence-corrected chi connectivity index (χ2v) is 13.0. The summed E-state index contributed by atoms with van der Waals surface area (Å²) in [6.45, 7) is 4.25. The Morgan fingerprint density at radius 1 is 0.806 bits per heavy atom. The quantitative estimate of drug-likeness (QED) is 0.257. The molecule has 4 aliphatic rings. The van der Waals surface area contributed by atoms with Crippen LogP contribution in [0.4, 0.5) is 0 Å². The molecule has 2 fully saturated rings. The fourth-order valence-electron chi connectivity index (χ4n) is 5.84. The van der Waals surface area contributed by atoms with E-state index in [9.17, 15) is 0 Å². The third-order valence-electron chi connectivity index (χ3n) is 7.54. The molecule has 4 aliphatic carbocycles. The van der Waals surface area contributed by atoms with Gasteiger partial charge >= 0.3 is 41.3 Å². The van der Waals surface area contributed by atoms with E-state index in [1.807, 2.05) is 12.2 Å². The molecule has 0 nitrogen and oxygen atoms in total. The zero-order chi connectivity index (χ0) is 23.8. The summed E-state index contributed by atoms with van der Waals surface area (Å²) < 4.78 is 1.51. The van der Waals surface area contributed by atoms with Gasteiger partial charge < -0.3 is 0 Å². The van der Waals surface area contributed by atoms with Crippen LogP contribution in [-0.4, -0.2) is 3.21 Å². The topological polar surface area (TPSA) is 0 Å². The number of fused-ring (bicyclic) bond motifs is 3. The van der Waals surface area contributed by atoms with Crippen LogP contribution in [-0.2, 0) is 30.7 Å². The SMILES string of the molecule is C[C](C)=[Zr+2].Cl.Cl.[C-]1=CC=CC1.[c-]1c(C2CCCCC2)ccc2c1Cc1cc(C3CCCCC3)ccc1-2. The molecule has 2 saturated carbocycles. The van der Waals surface area contributed by atoms with Crippen molar-refractivity contribution >= 4 is 28.0 Å². The summed E-state index contributed by atoms with van der Waals surface area (Å²) in [7, 11) is 0. The van der Waals surface area contributed by atoms with Crippen LogP contribution in [0.2, 0.25) is 0 Å². The maximum atomic E-state index is 3.84. The van der Waals surface area contributed by atoms with Crippen LogP contribution in [0.15, 0.2) is 48.6 Å². The molecule has 2 aromatic carbocycles. The molecule has 0 unspecified atom stereocenters. The van der Waals surface area contributed by atoms with Crippen LogP contribution >= 0.6 is 24.8 Å². The molecule has 0 aromatic heterocycles. The van der Waals surface area contributed by atoms with Crippen LogP contribution in [0, 0.1) is 12.1 Å². The Morgan fingerprint density at radius 2 is 1.42 bits per heavy atom. The Balaban J connectivity index is 0.000000357. The smallest absolute Gasteiger partial charge is 0.0162 e. The molecule has 0 amide bonds. The molecular formula is C33H42Cl2Zr. The summed E-state index contributed by atoms with van der Waals surface area (Å²) in [5, 5.41) is 0. The van der Waals surface area contributed by atoms with Crippen LogP contribution in [0.1, 0.15) is 119 Å². The van der Waals surface area contributed by atoms with E-state index in [1.54, 1.807) is 35.4 Å². The number of hydrogen-bond donors (Lipinski definition) is 0. The average molecular weight is 601 g/mol. The molecule has 192 valence electrons. The van der Waals surface area contributed by atoms with Crippen LogP contribution in [0.3, 0.4) is 0 Å². The fraction of sp³-hybridized carbons (Fsp3) is 0.485. The van der Waals surface area contributed by atoms with E-state index in [0.717, 1.165) is 24.7 Å². The third-order valence-corrected chi connectivity index (χ3v) is 7.54. The summed E-state index contributed by atoms with van der Waals surface area (Å²) in [6, 6.07) is 16.0. The van der Waals surface area contributed by atoms with E-state index < -0.39 is 0 Å². The molecule has 0 heterocycles. The Kier molecular flexibility index (Phi) is 14.2. The molecule has 0 radical (unpaired) electrons. The van der Waals surface area contributed by atoms with Crippen molar-refractivity contribution in [2.75, 3.05) is 0 Å². The normalized spacial score (nSPS) is 17.9. The molecule has 0 bridgehead atoms. The van der Waals surface area contributed by atoms with E-state index in [2.05, 4.69) is 62.4 Å². The first-order chi connectivity index (χ1) is 16.6. The minimum Gasteiger partial charge on any atom is -0.273 e. The van der Waals surface area contributed by atoms with Crippen molar-refractivity contribution in [2.24, 2.45) is 0 Å². The number of halogens is 2. The summed E-state index contributed by atoms with van der Waals surface area (Å²) in [4.78, 5) is 0. The van der Waals surface area contributed by atoms with Gasteiger partial charge in [0, 0.05) is 0 Å². The number of benzene rings is 2. The van der Waals surface area contributed by atoms with Crippen molar-refractivity contribution in [1.29, 1.82) is 0 Å². The van der Waals surface area contributed by atoms with Gasteiger partial charge in [-0.15, -0.1) is 42.4 Å². The number of rotatable bonds is 2. The van der Waals surface area contributed by atoms with Gasteiger partial charge in [-0.2, -0.15) is 29.8 Å². The molecule has 6 rings (SSSR count). The van der Waals surface area contributed by atoms with E-state index in [4.69, 9.17) is 0 Å². The van der Waals surface area contributed by atoms with Gasteiger partial charge in [-0.05, 0) is 55.1 Å². The summed E-state index contributed by atoms with van der Waals surface area (Å²) in [5.74, 6) is 1.57. The van der Waals surface area contributed by atoms with Gasteiger partial charge in [0.25, 0.3) is 0 Å². The Morgan fingerprint density at radius 3 is 1.97 bits per heavy atom. The number of hydrogen-bond acceptors (Lipinski definition) is 0. The second-order valence-electron chi connectivity index (χ2n) is 10.6. The predicted octanol–water partition coefficient (Wildman–Crippen LogP) is 10.0. The van der Waals surface area contributed by atoms with Crippen molar-refractivity contribution in [2.45, 2.75) is 103 Å². The average Bonchev–Trinajstić information content (AvgIpc) is 3.56. The molecule has 36 heavy (non-hydrogen) atoms. The first-order valence-corrected chi connectivity index (χ1v) is 14.8. The van der Waals surface area contributed by atoms with Crippen molar-refractivity contribution in [3.63, 3.8) is 0 Å². The molecular weight excluding hydrogens is 558 g/mol. The molecule has 0 aliphatic heterocycles. The molecule has 3 heteroatoms. The van der Waals surface area contributed by atoms with Crippen LogP contribution < -0.4 is 0 Å².